The van der Waals surface area contributed by atoms with Gasteiger partial charge in [0.2, 0.25) is 5.91 Å². The van der Waals surface area contributed by atoms with Gasteiger partial charge in [-0.05, 0) is 37.8 Å². The molecular formula is C20H26ClN5O. The van der Waals surface area contributed by atoms with Gasteiger partial charge in [0.25, 0.3) is 0 Å². The lowest BCUT2D eigenvalue weighted by atomic mass is 9.96. The van der Waals surface area contributed by atoms with Gasteiger partial charge in [-0.3, -0.25) is 9.48 Å². The van der Waals surface area contributed by atoms with Crippen molar-refractivity contribution in [1.29, 1.82) is 0 Å². The van der Waals surface area contributed by atoms with Crippen LogP contribution in [-0.4, -0.2) is 33.8 Å². The van der Waals surface area contributed by atoms with Crippen molar-refractivity contribution in [1.82, 2.24) is 14.8 Å². The third-order valence-corrected chi connectivity index (χ3v) is 6.05. The molecule has 2 aliphatic rings. The molecule has 3 heterocycles. The monoisotopic (exact) mass is 387 g/mol. The summed E-state index contributed by atoms with van der Waals surface area (Å²) in [5.41, 5.74) is 1.12. The van der Waals surface area contributed by atoms with Crippen molar-refractivity contribution in [3.63, 3.8) is 0 Å². The van der Waals surface area contributed by atoms with Gasteiger partial charge in [-0.1, -0.05) is 24.4 Å². The molecule has 1 aliphatic heterocycles. The van der Waals surface area contributed by atoms with Crippen LogP contribution in [0.5, 0.6) is 0 Å². The number of rotatable bonds is 4. The molecular weight excluding hydrogens is 362 g/mol. The number of nitrogens with one attached hydrogen (secondary N) is 1. The second-order valence-corrected chi connectivity index (χ2v) is 8.08. The zero-order valence-corrected chi connectivity index (χ0v) is 16.5. The maximum atomic E-state index is 12.7. The number of hydrogen-bond acceptors (Lipinski definition) is 4. The lowest BCUT2D eigenvalue weighted by Crippen LogP contribution is -2.38. The quantitative estimate of drug-likeness (QED) is 0.861. The standard InChI is InChI=1S/C20H26ClN5O/c1-25-19(12-17(24-25)14-4-2-3-5-14)23-20(27)15-8-10-26(11-9-15)18-7-6-16(21)13-22-18/h6-7,12-15H,2-5,8-11H2,1H3,(H,23,27). The number of halogens is 1. The number of carbonyl (C=O) groups is 1. The van der Waals surface area contributed by atoms with Crippen LogP contribution < -0.4 is 10.2 Å². The number of nitrogens with zero attached hydrogens (tertiary/aromatic N) is 4. The van der Waals surface area contributed by atoms with Crippen molar-refractivity contribution < 1.29 is 4.79 Å². The first kappa shape index (κ1) is 18.3. The molecule has 144 valence electrons. The molecule has 0 atom stereocenters. The highest BCUT2D eigenvalue weighted by Gasteiger charge is 2.27. The van der Waals surface area contributed by atoms with E-state index in [0.29, 0.717) is 10.9 Å². The van der Waals surface area contributed by atoms with Crippen LogP contribution in [0.1, 0.15) is 50.1 Å². The molecule has 7 heteroatoms. The summed E-state index contributed by atoms with van der Waals surface area (Å²) >= 11 is 5.91. The van der Waals surface area contributed by atoms with E-state index in [4.69, 9.17) is 11.6 Å². The molecule has 0 bridgehead atoms. The van der Waals surface area contributed by atoms with Crippen LogP contribution in [0.4, 0.5) is 11.6 Å². The van der Waals surface area contributed by atoms with E-state index in [1.807, 2.05) is 19.2 Å². The Morgan fingerprint density at radius 1 is 1.19 bits per heavy atom. The highest BCUT2D eigenvalue weighted by Crippen LogP contribution is 2.34. The minimum atomic E-state index is 0.0263. The summed E-state index contributed by atoms with van der Waals surface area (Å²) in [5, 5.41) is 8.36. The maximum absolute atomic E-state index is 12.7. The molecule has 2 aromatic rings. The van der Waals surface area contributed by atoms with Gasteiger partial charge in [0, 0.05) is 44.2 Å². The molecule has 1 aliphatic carbocycles. The number of aryl methyl sites for hydroxylation is 1. The van der Waals surface area contributed by atoms with Crippen LogP contribution in [0.3, 0.4) is 0 Å². The fourth-order valence-electron chi connectivity index (χ4n) is 4.18. The Hall–Kier alpha value is -2.08. The molecule has 4 rings (SSSR count). The van der Waals surface area contributed by atoms with Crippen LogP contribution in [0.15, 0.2) is 24.4 Å². The largest absolute Gasteiger partial charge is 0.357 e. The smallest absolute Gasteiger partial charge is 0.228 e. The van der Waals surface area contributed by atoms with E-state index in [-0.39, 0.29) is 11.8 Å². The number of anilines is 2. The summed E-state index contributed by atoms with van der Waals surface area (Å²) < 4.78 is 1.80. The first-order valence-corrected chi connectivity index (χ1v) is 10.2. The predicted octanol–water partition coefficient (Wildman–Crippen LogP) is 3.98. The molecule has 1 N–H and O–H groups in total. The lowest BCUT2D eigenvalue weighted by Gasteiger charge is -2.32. The van der Waals surface area contributed by atoms with E-state index in [0.717, 1.165) is 43.3 Å². The second-order valence-electron chi connectivity index (χ2n) is 7.64. The van der Waals surface area contributed by atoms with Gasteiger partial charge in [0.05, 0.1) is 10.7 Å². The minimum absolute atomic E-state index is 0.0263. The zero-order valence-electron chi connectivity index (χ0n) is 15.7. The average molecular weight is 388 g/mol. The van der Waals surface area contributed by atoms with Crippen LogP contribution in [-0.2, 0) is 11.8 Å². The number of amides is 1. The Morgan fingerprint density at radius 2 is 1.93 bits per heavy atom. The molecule has 2 aromatic heterocycles. The fourth-order valence-corrected chi connectivity index (χ4v) is 4.29. The Kier molecular flexibility index (Phi) is 5.34. The van der Waals surface area contributed by atoms with Crippen molar-refractivity contribution in [3.8, 4) is 0 Å². The first-order valence-electron chi connectivity index (χ1n) is 9.81. The summed E-state index contributed by atoms with van der Waals surface area (Å²) in [6.07, 6.45) is 8.30. The molecule has 1 saturated carbocycles. The lowest BCUT2D eigenvalue weighted by molar-refractivity contribution is -0.120. The summed E-state index contributed by atoms with van der Waals surface area (Å²) in [6, 6.07) is 5.84. The van der Waals surface area contributed by atoms with E-state index in [9.17, 15) is 4.79 Å². The molecule has 0 radical (unpaired) electrons. The van der Waals surface area contributed by atoms with Gasteiger partial charge >= 0.3 is 0 Å². The Balaban J connectivity index is 1.34. The number of aromatic nitrogens is 3. The molecule has 6 nitrogen and oxygen atoms in total. The van der Waals surface area contributed by atoms with E-state index in [2.05, 4.69) is 26.4 Å². The normalized spacial score (nSPS) is 18.8. The number of piperidine rings is 1. The Morgan fingerprint density at radius 3 is 2.59 bits per heavy atom. The van der Waals surface area contributed by atoms with Crippen LogP contribution in [0, 0.1) is 5.92 Å². The fraction of sp³-hybridized carbons (Fsp3) is 0.550. The molecule has 0 unspecified atom stereocenters. The van der Waals surface area contributed by atoms with Gasteiger partial charge < -0.3 is 10.2 Å². The number of hydrogen-bond donors (Lipinski definition) is 1. The molecule has 1 amide bonds. The highest BCUT2D eigenvalue weighted by molar-refractivity contribution is 6.30. The van der Waals surface area contributed by atoms with Gasteiger partial charge in [-0.25, -0.2) is 4.98 Å². The van der Waals surface area contributed by atoms with Crippen molar-refractivity contribution in [2.45, 2.75) is 44.4 Å². The average Bonchev–Trinajstić information content (AvgIpc) is 3.33. The molecule has 1 saturated heterocycles. The summed E-state index contributed by atoms with van der Waals surface area (Å²) in [7, 11) is 1.91. The van der Waals surface area contributed by atoms with Crippen molar-refractivity contribution in [3.05, 3.63) is 35.1 Å². The number of carbonyl (C=O) groups excluding carboxylic acids is 1. The highest BCUT2D eigenvalue weighted by atomic mass is 35.5. The van der Waals surface area contributed by atoms with E-state index >= 15 is 0 Å². The van der Waals surface area contributed by atoms with E-state index in [1.54, 1.807) is 10.9 Å². The maximum Gasteiger partial charge on any atom is 0.228 e. The summed E-state index contributed by atoms with van der Waals surface area (Å²) in [6.45, 7) is 1.65. The van der Waals surface area contributed by atoms with Gasteiger partial charge in [0.1, 0.15) is 11.6 Å². The second kappa shape index (κ2) is 7.89. The molecule has 27 heavy (non-hydrogen) atoms. The predicted molar refractivity (Wildman–Crippen MR) is 107 cm³/mol. The minimum Gasteiger partial charge on any atom is -0.357 e. The van der Waals surface area contributed by atoms with Gasteiger partial charge in [-0.15, -0.1) is 0 Å². The van der Waals surface area contributed by atoms with E-state index in [1.165, 1.54) is 25.7 Å². The van der Waals surface area contributed by atoms with Crippen molar-refractivity contribution in [2.24, 2.45) is 13.0 Å². The summed E-state index contributed by atoms with van der Waals surface area (Å²) in [5.74, 6) is 2.41. The molecule has 0 aromatic carbocycles. The Bertz CT molecular complexity index is 789. The van der Waals surface area contributed by atoms with Crippen LogP contribution >= 0.6 is 11.6 Å². The topological polar surface area (TPSA) is 63.1 Å². The van der Waals surface area contributed by atoms with Gasteiger partial charge in [0.15, 0.2) is 0 Å². The van der Waals surface area contributed by atoms with Crippen LogP contribution in [0.25, 0.3) is 0 Å². The third kappa shape index (κ3) is 4.10. The third-order valence-electron chi connectivity index (χ3n) is 5.82. The van der Waals surface area contributed by atoms with Crippen molar-refractivity contribution in [2.75, 3.05) is 23.3 Å². The Labute approximate surface area is 164 Å². The summed E-state index contributed by atoms with van der Waals surface area (Å²) in [4.78, 5) is 19.3. The van der Waals surface area contributed by atoms with Crippen molar-refractivity contribution >= 4 is 29.1 Å². The SMILES string of the molecule is Cn1nc(C2CCCC2)cc1NC(=O)C1CCN(c2ccc(Cl)cn2)CC1. The first-order chi connectivity index (χ1) is 13.1. The van der Waals surface area contributed by atoms with Gasteiger partial charge in [-0.2, -0.15) is 5.10 Å². The number of pyridine rings is 1. The zero-order chi connectivity index (χ0) is 18.8. The molecule has 0 spiro atoms. The van der Waals surface area contributed by atoms with Crippen LogP contribution in [0.2, 0.25) is 5.02 Å². The molecule has 2 fully saturated rings. The van der Waals surface area contributed by atoms with E-state index < -0.39 is 0 Å².